The normalized spacial score (nSPS) is 13.6. The first kappa shape index (κ1) is 25.0. The Bertz CT molecular complexity index is 594. The van der Waals surface area contributed by atoms with E-state index in [0.29, 0.717) is 0 Å². The Labute approximate surface area is 163 Å². The minimum absolute atomic E-state index is 0.160. The molecule has 1 aromatic carbocycles. The number of nitrogens with two attached hydrogens (primary N) is 3. The number of benzene rings is 1. The van der Waals surface area contributed by atoms with Gasteiger partial charge in [0, 0.05) is 11.5 Å². The van der Waals surface area contributed by atoms with E-state index in [9.17, 15) is 14.4 Å². The van der Waals surface area contributed by atoms with Crippen molar-refractivity contribution < 1.29 is 34.8 Å². The summed E-state index contributed by atoms with van der Waals surface area (Å²) in [6.07, 6.45) is 0.273. The number of carboxylic acid groups (broad SMARTS) is 3. The predicted molar refractivity (Wildman–Crippen MR) is 104 cm³/mol. The third-order valence-corrected chi connectivity index (χ3v) is 5.40. The van der Waals surface area contributed by atoms with Crippen molar-refractivity contribution >= 4 is 39.5 Å². The fourth-order valence-corrected chi connectivity index (χ4v) is 3.59. The van der Waals surface area contributed by atoms with E-state index in [1.807, 2.05) is 0 Å². The molecule has 0 spiro atoms. The molecule has 0 aliphatic carbocycles. The second kappa shape index (κ2) is 13.2. The molecule has 0 bridgehead atoms. The zero-order chi connectivity index (χ0) is 21.0. The second-order valence-corrected chi connectivity index (χ2v) is 7.83. The summed E-state index contributed by atoms with van der Waals surface area (Å²) in [4.78, 5) is 30.9. The van der Waals surface area contributed by atoms with Crippen molar-refractivity contribution in [3.63, 3.8) is 0 Å². The van der Waals surface area contributed by atoms with E-state index in [0.717, 1.165) is 5.56 Å². The summed E-state index contributed by atoms with van der Waals surface area (Å²) >= 11 is 0. The van der Waals surface area contributed by atoms with E-state index in [1.54, 1.807) is 12.1 Å². The van der Waals surface area contributed by atoms with Crippen LogP contribution in [0, 0.1) is 0 Å². The van der Waals surface area contributed by atoms with Gasteiger partial charge in [0.2, 0.25) is 0 Å². The molecule has 27 heavy (non-hydrogen) atoms. The molecule has 0 aromatic heterocycles. The van der Waals surface area contributed by atoms with Crippen molar-refractivity contribution in [2.45, 2.75) is 24.5 Å². The first-order chi connectivity index (χ1) is 12.5. The third kappa shape index (κ3) is 12.1. The topological polar surface area (TPSA) is 210 Å². The van der Waals surface area contributed by atoms with E-state index in [-0.39, 0.29) is 23.7 Å². The number of carboxylic acids is 3. The van der Waals surface area contributed by atoms with Gasteiger partial charge in [0.1, 0.15) is 23.9 Å². The number of aromatic hydroxyl groups is 1. The van der Waals surface area contributed by atoms with Crippen molar-refractivity contribution in [2.24, 2.45) is 17.2 Å². The van der Waals surface area contributed by atoms with E-state index in [4.69, 9.17) is 37.6 Å². The molecular weight excluding hydrogens is 398 g/mol. The lowest BCUT2D eigenvalue weighted by Gasteiger charge is -2.07. The third-order valence-electron chi connectivity index (χ3n) is 2.92. The minimum atomic E-state index is -1.07. The molecule has 0 aliphatic rings. The van der Waals surface area contributed by atoms with Crippen LogP contribution in [0.3, 0.4) is 0 Å². The molecule has 3 unspecified atom stereocenters. The Morgan fingerprint density at radius 1 is 0.778 bits per heavy atom. The molecular formula is C15H23N3O7S2. The van der Waals surface area contributed by atoms with Gasteiger partial charge in [-0.25, -0.2) is 0 Å². The van der Waals surface area contributed by atoms with E-state index in [1.165, 1.54) is 33.7 Å². The lowest BCUT2D eigenvalue weighted by atomic mass is 10.1. The Hall–Kier alpha value is -1.99. The van der Waals surface area contributed by atoms with Crippen LogP contribution in [0.2, 0.25) is 0 Å². The van der Waals surface area contributed by atoms with Crippen LogP contribution >= 0.6 is 21.6 Å². The van der Waals surface area contributed by atoms with Gasteiger partial charge in [-0.1, -0.05) is 33.7 Å². The van der Waals surface area contributed by atoms with Crippen LogP contribution in [0.25, 0.3) is 0 Å². The lowest BCUT2D eigenvalue weighted by molar-refractivity contribution is -0.139. The quantitative estimate of drug-likeness (QED) is 0.189. The summed E-state index contributed by atoms with van der Waals surface area (Å²) in [5, 5.41) is 34.3. The first-order valence-corrected chi connectivity index (χ1v) is 10.0. The largest absolute Gasteiger partial charge is 0.508 e. The van der Waals surface area contributed by atoms with Crippen molar-refractivity contribution in [1.29, 1.82) is 0 Å². The molecule has 10 N–H and O–H groups in total. The molecule has 1 rings (SSSR count). The zero-order valence-corrected chi connectivity index (χ0v) is 15.9. The Balaban J connectivity index is 0.000000501. The first-order valence-electron chi connectivity index (χ1n) is 7.52. The number of rotatable bonds is 10. The van der Waals surface area contributed by atoms with Gasteiger partial charge in [0.25, 0.3) is 0 Å². The van der Waals surface area contributed by atoms with Crippen LogP contribution in [0.1, 0.15) is 5.56 Å². The highest BCUT2D eigenvalue weighted by atomic mass is 33.1. The Kier molecular flexibility index (Phi) is 12.2. The van der Waals surface area contributed by atoms with Crippen LogP contribution in [0.5, 0.6) is 5.75 Å². The number of aliphatic carboxylic acids is 3. The highest BCUT2D eigenvalue weighted by Crippen LogP contribution is 2.22. The summed E-state index contributed by atoms with van der Waals surface area (Å²) in [6.45, 7) is 0. The van der Waals surface area contributed by atoms with Crippen LogP contribution in [0.4, 0.5) is 0 Å². The van der Waals surface area contributed by atoms with Crippen molar-refractivity contribution in [3.8, 4) is 5.75 Å². The molecule has 10 nitrogen and oxygen atoms in total. The minimum Gasteiger partial charge on any atom is -0.508 e. The molecule has 0 saturated heterocycles. The number of carbonyl (C=O) groups is 3. The summed E-state index contributed by atoms with van der Waals surface area (Å²) < 4.78 is 0. The van der Waals surface area contributed by atoms with E-state index < -0.39 is 36.0 Å². The highest BCUT2D eigenvalue weighted by Gasteiger charge is 2.14. The molecule has 0 amide bonds. The zero-order valence-electron chi connectivity index (χ0n) is 14.2. The SMILES string of the molecule is NC(CSSCC(N)C(=O)O)C(=O)O.NC(Cc1ccc(O)cc1)C(=O)O. The van der Waals surface area contributed by atoms with Crippen LogP contribution < -0.4 is 17.2 Å². The molecule has 0 fully saturated rings. The number of phenols is 1. The standard InChI is InChI=1S/C9H11NO3.C6H12N2O4S2/c10-8(9(12)13)5-6-1-3-7(11)4-2-6;7-3(5(9)10)1-13-14-2-4(8)6(11)12/h1-4,8,11H,5,10H2,(H,12,13);3-4H,1-2,7-8H2,(H,9,10)(H,11,12). The monoisotopic (exact) mass is 421 g/mol. The number of phenolic OH excluding ortho intramolecular Hbond substituents is 1. The summed E-state index contributed by atoms with van der Waals surface area (Å²) in [5.74, 6) is -2.54. The molecule has 0 saturated carbocycles. The van der Waals surface area contributed by atoms with Gasteiger partial charge in [0.15, 0.2) is 0 Å². The summed E-state index contributed by atoms with van der Waals surface area (Å²) in [7, 11) is 2.41. The molecule has 0 radical (unpaired) electrons. The fraction of sp³-hybridized carbons (Fsp3) is 0.400. The summed E-state index contributed by atoms with van der Waals surface area (Å²) in [6, 6.07) is 3.58. The van der Waals surface area contributed by atoms with Gasteiger partial charge in [-0.3, -0.25) is 14.4 Å². The van der Waals surface area contributed by atoms with Gasteiger partial charge >= 0.3 is 17.9 Å². The molecule has 0 heterocycles. The predicted octanol–water partition coefficient (Wildman–Crippen LogP) is -0.462. The molecule has 0 aliphatic heterocycles. The van der Waals surface area contributed by atoms with Gasteiger partial charge in [0.05, 0.1) is 0 Å². The fourth-order valence-electron chi connectivity index (χ4n) is 1.36. The van der Waals surface area contributed by atoms with Gasteiger partial charge in [-0.2, -0.15) is 0 Å². The van der Waals surface area contributed by atoms with Crippen LogP contribution in [-0.2, 0) is 20.8 Å². The summed E-state index contributed by atoms with van der Waals surface area (Å²) in [5.41, 5.74) is 16.5. The van der Waals surface area contributed by atoms with Crippen LogP contribution in [0.15, 0.2) is 24.3 Å². The smallest absolute Gasteiger partial charge is 0.321 e. The number of hydrogen-bond donors (Lipinski definition) is 7. The Morgan fingerprint density at radius 3 is 1.48 bits per heavy atom. The Morgan fingerprint density at radius 2 is 1.15 bits per heavy atom. The average Bonchev–Trinajstić information content (AvgIpc) is 2.60. The van der Waals surface area contributed by atoms with Crippen molar-refractivity contribution in [3.05, 3.63) is 29.8 Å². The maximum Gasteiger partial charge on any atom is 0.321 e. The van der Waals surface area contributed by atoms with Crippen molar-refractivity contribution in [1.82, 2.24) is 0 Å². The van der Waals surface area contributed by atoms with Gasteiger partial charge < -0.3 is 37.6 Å². The van der Waals surface area contributed by atoms with E-state index in [2.05, 4.69) is 0 Å². The maximum absolute atomic E-state index is 10.4. The lowest BCUT2D eigenvalue weighted by Crippen LogP contribution is -2.33. The van der Waals surface area contributed by atoms with Crippen LogP contribution in [-0.4, -0.2) is 68.0 Å². The molecule has 1 aromatic rings. The molecule has 12 heteroatoms. The molecule has 152 valence electrons. The van der Waals surface area contributed by atoms with E-state index >= 15 is 0 Å². The molecule has 3 atom stereocenters. The number of hydrogen-bond acceptors (Lipinski definition) is 9. The van der Waals surface area contributed by atoms with Gasteiger partial charge in [-0.15, -0.1) is 0 Å². The highest BCUT2D eigenvalue weighted by molar-refractivity contribution is 8.76. The van der Waals surface area contributed by atoms with Crippen molar-refractivity contribution in [2.75, 3.05) is 11.5 Å². The van der Waals surface area contributed by atoms with Gasteiger partial charge in [-0.05, 0) is 24.1 Å². The maximum atomic E-state index is 10.4. The average molecular weight is 421 g/mol. The second-order valence-electron chi connectivity index (χ2n) is 5.27.